The van der Waals surface area contributed by atoms with E-state index >= 15 is 0 Å². The predicted molar refractivity (Wildman–Crippen MR) is 94.0 cm³/mol. The monoisotopic (exact) mass is 386 g/mol. The smallest absolute Gasteiger partial charge is 0.142 e. The molecule has 0 atom stereocenters. The van der Waals surface area contributed by atoms with Gasteiger partial charge < -0.3 is 4.74 Å². The Morgan fingerprint density at radius 2 is 1.76 bits per heavy atom. The fourth-order valence-electron chi connectivity index (χ4n) is 2.03. The van der Waals surface area contributed by atoms with Gasteiger partial charge in [0.25, 0.3) is 0 Å². The molecule has 2 aromatic rings. The fourth-order valence-corrected chi connectivity index (χ4v) is 3.04. The molecule has 2 rings (SSSR count). The third kappa shape index (κ3) is 4.38. The minimum absolute atomic E-state index is 0.486. The lowest BCUT2D eigenvalue weighted by Gasteiger charge is -2.13. The molecule has 0 heterocycles. The molecule has 21 heavy (non-hydrogen) atoms. The first kappa shape index (κ1) is 16.7. The molecular formula is C17H17BrCl2O. The molecule has 2 aromatic carbocycles. The average molecular weight is 388 g/mol. The molecule has 0 aliphatic heterocycles. The van der Waals surface area contributed by atoms with Gasteiger partial charge in [-0.15, -0.1) is 0 Å². The van der Waals surface area contributed by atoms with Crippen molar-refractivity contribution in [1.29, 1.82) is 0 Å². The van der Waals surface area contributed by atoms with Crippen molar-refractivity contribution in [3.05, 3.63) is 63.1 Å². The fraction of sp³-hybridized carbons (Fsp3) is 0.294. The summed E-state index contributed by atoms with van der Waals surface area (Å²) in [5.74, 6) is 1.22. The van der Waals surface area contributed by atoms with Gasteiger partial charge in [0, 0.05) is 15.9 Å². The van der Waals surface area contributed by atoms with Crippen molar-refractivity contribution in [1.82, 2.24) is 0 Å². The molecular weight excluding hydrogens is 371 g/mol. The highest BCUT2D eigenvalue weighted by Crippen LogP contribution is 2.34. The number of hydrogen-bond donors (Lipinski definition) is 0. The highest BCUT2D eigenvalue weighted by molar-refractivity contribution is 9.08. The molecule has 4 heteroatoms. The van der Waals surface area contributed by atoms with Gasteiger partial charge in [-0.2, -0.15) is 0 Å². The van der Waals surface area contributed by atoms with E-state index in [2.05, 4.69) is 54.0 Å². The quantitative estimate of drug-likeness (QED) is 0.525. The average Bonchev–Trinajstić information content (AvgIpc) is 2.46. The van der Waals surface area contributed by atoms with E-state index in [1.165, 1.54) is 5.56 Å². The first-order valence-corrected chi connectivity index (χ1v) is 8.64. The Bertz CT molecular complexity index is 609. The van der Waals surface area contributed by atoms with Crippen LogP contribution >= 0.6 is 39.1 Å². The largest absolute Gasteiger partial charge is 0.487 e. The Morgan fingerprint density at radius 1 is 1.10 bits per heavy atom. The summed E-state index contributed by atoms with van der Waals surface area (Å²) in [6.07, 6.45) is 0. The predicted octanol–water partition coefficient (Wildman–Crippen LogP) is 6.59. The maximum absolute atomic E-state index is 6.22. The van der Waals surface area contributed by atoms with Crippen LogP contribution in [0.15, 0.2) is 36.4 Å². The molecule has 0 aliphatic rings. The molecule has 0 saturated heterocycles. The van der Waals surface area contributed by atoms with E-state index in [0.29, 0.717) is 33.6 Å². The summed E-state index contributed by atoms with van der Waals surface area (Å²) < 4.78 is 5.88. The van der Waals surface area contributed by atoms with Crippen molar-refractivity contribution in [3.63, 3.8) is 0 Å². The maximum Gasteiger partial charge on any atom is 0.142 e. The lowest BCUT2D eigenvalue weighted by atomic mass is 10.0. The molecule has 0 saturated carbocycles. The normalized spacial score (nSPS) is 11.0. The number of rotatable bonds is 5. The van der Waals surface area contributed by atoms with Gasteiger partial charge in [0.15, 0.2) is 0 Å². The van der Waals surface area contributed by atoms with Crippen molar-refractivity contribution in [2.75, 3.05) is 0 Å². The van der Waals surface area contributed by atoms with E-state index in [1.807, 2.05) is 6.07 Å². The van der Waals surface area contributed by atoms with Crippen molar-refractivity contribution < 1.29 is 4.74 Å². The van der Waals surface area contributed by atoms with E-state index in [9.17, 15) is 0 Å². The molecule has 0 aliphatic carbocycles. The van der Waals surface area contributed by atoms with Gasteiger partial charge in [0.2, 0.25) is 0 Å². The summed E-state index contributed by atoms with van der Waals surface area (Å²) in [4.78, 5) is 0. The minimum atomic E-state index is 0.486. The van der Waals surface area contributed by atoms with Crippen LogP contribution in [0.2, 0.25) is 10.0 Å². The molecule has 0 bridgehead atoms. The molecule has 0 spiro atoms. The Hall–Kier alpha value is -0.700. The molecule has 0 N–H and O–H groups in total. The summed E-state index contributed by atoms with van der Waals surface area (Å²) in [7, 11) is 0. The number of alkyl halides is 1. The van der Waals surface area contributed by atoms with Gasteiger partial charge in [-0.05, 0) is 29.2 Å². The van der Waals surface area contributed by atoms with Crippen LogP contribution in [0, 0.1) is 0 Å². The van der Waals surface area contributed by atoms with E-state index < -0.39 is 0 Å². The van der Waals surface area contributed by atoms with Gasteiger partial charge in [-0.3, -0.25) is 0 Å². The second kappa shape index (κ2) is 7.53. The van der Waals surface area contributed by atoms with Gasteiger partial charge in [-0.1, -0.05) is 77.2 Å². The molecule has 0 fully saturated rings. The van der Waals surface area contributed by atoms with Gasteiger partial charge >= 0.3 is 0 Å². The third-order valence-electron chi connectivity index (χ3n) is 3.26. The topological polar surface area (TPSA) is 9.23 Å². The lowest BCUT2D eigenvalue weighted by molar-refractivity contribution is 0.304. The molecule has 0 aromatic heterocycles. The van der Waals surface area contributed by atoms with Crippen LogP contribution in [0.3, 0.4) is 0 Å². The van der Waals surface area contributed by atoms with Gasteiger partial charge in [-0.25, -0.2) is 0 Å². The Labute approximate surface area is 144 Å². The molecule has 1 nitrogen and oxygen atoms in total. The Morgan fingerprint density at radius 3 is 2.33 bits per heavy atom. The Balaban J connectivity index is 2.13. The van der Waals surface area contributed by atoms with Crippen LogP contribution in [0.4, 0.5) is 0 Å². The first-order chi connectivity index (χ1) is 10.0. The van der Waals surface area contributed by atoms with Gasteiger partial charge in [0.1, 0.15) is 12.4 Å². The standard InChI is InChI=1S/C17H17BrCl2O/c1-11(2)13-5-3-12(4-6-13)10-21-17-14(9-18)7-15(19)8-16(17)20/h3-8,11H,9-10H2,1-2H3. The number of hydrogen-bond acceptors (Lipinski definition) is 1. The van der Waals surface area contributed by atoms with Crippen LogP contribution in [0.1, 0.15) is 36.5 Å². The van der Waals surface area contributed by atoms with E-state index in [4.69, 9.17) is 27.9 Å². The van der Waals surface area contributed by atoms with Crippen LogP contribution in [-0.4, -0.2) is 0 Å². The second-order valence-corrected chi connectivity index (χ2v) is 6.60. The summed E-state index contributed by atoms with van der Waals surface area (Å²) >= 11 is 15.7. The summed E-state index contributed by atoms with van der Waals surface area (Å²) in [6, 6.07) is 12.0. The second-order valence-electron chi connectivity index (χ2n) is 5.19. The van der Waals surface area contributed by atoms with Gasteiger partial charge in [0.05, 0.1) is 5.02 Å². The SMILES string of the molecule is CC(C)c1ccc(COc2c(Cl)cc(Cl)cc2CBr)cc1. The highest BCUT2D eigenvalue weighted by Gasteiger charge is 2.10. The van der Waals surface area contributed by atoms with Crippen LogP contribution < -0.4 is 4.74 Å². The van der Waals surface area contributed by atoms with Crippen molar-refractivity contribution in [3.8, 4) is 5.75 Å². The number of benzene rings is 2. The Kier molecular flexibility index (Phi) is 5.98. The van der Waals surface area contributed by atoms with E-state index in [1.54, 1.807) is 6.07 Å². The van der Waals surface area contributed by atoms with Crippen molar-refractivity contribution >= 4 is 39.1 Å². The van der Waals surface area contributed by atoms with Crippen molar-refractivity contribution in [2.24, 2.45) is 0 Å². The van der Waals surface area contributed by atoms with E-state index in [0.717, 1.165) is 11.1 Å². The zero-order valence-corrected chi connectivity index (χ0v) is 15.1. The zero-order chi connectivity index (χ0) is 15.4. The highest BCUT2D eigenvalue weighted by atomic mass is 79.9. The van der Waals surface area contributed by atoms with Crippen molar-refractivity contribution in [2.45, 2.75) is 31.7 Å². The first-order valence-electron chi connectivity index (χ1n) is 6.76. The number of ether oxygens (including phenoxy) is 1. The molecule has 0 amide bonds. The zero-order valence-electron chi connectivity index (χ0n) is 12.0. The molecule has 112 valence electrons. The third-order valence-corrected chi connectivity index (χ3v) is 4.36. The summed E-state index contributed by atoms with van der Waals surface area (Å²) in [5, 5.41) is 1.80. The lowest BCUT2D eigenvalue weighted by Crippen LogP contribution is -1.99. The minimum Gasteiger partial charge on any atom is -0.487 e. The molecule has 0 radical (unpaired) electrons. The van der Waals surface area contributed by atoms with Crippen LogP contribution in [-0.2, 0) is 11.9 Å². The van der Waals surface area contributed by atoms with Crippen LogP contribution in [0.5, 0.6) is 5.75 Å². The molecule has 0 unspecified atom stereocenters. The number of halogens is 3. The van der Waals surface area contributed by atoms with E-state index in [-0.39, 0.29) is 0 Å². The maximum atomic E-state index is 6.22. The summed E-state index contributed by atoms with van der Waals surface area (Å²) in [5.41, 5.74) is 3.39. The van der Waals surface area contributed by atoms with Crippen LogP contribution in [0.25, 0.3) is 0 Å². The summed E-state index contributed by atoms with van der Waals surface area (Å²) in [6.45, 7) is 4.85.